The molecular weight excluding hydrogens is 372 g/mol. The van der Waals surface area contributed by atoms with Crippen molar-refractivity contribution in [2.45, 2.75) is 38.5 Å². The first kappa shape index (κ1) is 20.9. The molecule has 1 aliphatic heterocycles. The number of hydrogen-bond donors (Lipinski definition) is 0. The lowest BCUT2D eigenvalue weighted by Gasteiger charge is -2.35. The van der Waals surface area contributed by atoms with E-state index < -0.39 is 0 Å². The van der Waals surface area contributed by atoms with Crippen molar-refractivity contribution in [3.8, 4) is 0 Å². The van der Waals surface area contributed by atoms with Crippen LogP contribution >= 0.6 is 11.8 Å². The summed E-state index contributed by atoms with van der Waals surface area (Å²) in [5.41, 5.74) is 0.687. The van der Waals surface area contributed by atoms with E-state index in [9.17, 15) is 14.4 Å². The van der Waals surface area contributed by atoms with Gasteiger partial charge >= 0.3 is 0 Å². The van der Waals surface area contributed by atoms with E-state index in [-0.39, 0.29) is 17.6 Å². The van der Waals surface area contributed by atoms with Gasteiger partial charge < -0.3 is 9.80 Å². The summed E-state index contributed by atoms with van der Waals surface area (Å²) in [7, 11) is 0. The fourth-order valence-electron chi connectivity index (χ4n) is 4.02. The average Bonchev–Trinajstić information content (AvgIpc) is 3.26. The maximum Gasteiger partial charge on any atom is 0.232 e. The normalized spacial score (nSPS) is 17.7. The first-order valence-corrected chi connectivity index (χ1v) is 11.5. The number of ketones is 1. The van der Waals surface area contributed by atoms with Crippen LogP contribution in [0.3, 0.4) is 0 Å². The predicted molar refractivity (Wildman–Crippen MR) is 112 cm³/mol. The first-order valence-electron chi connectivity index (χ1n) is 10.3. The molecule has 6 heteroatoms. The van der Waals surface area contributed by atoms with E-state index in [0.717, 1.165) is 12.3 Å². The first-order chi connectivity index (χ1) is 13.6. The molecule has 1 aliphatic carbocycles. The van der Waals surface area contributed by atoms with Gasteiger partial charge in [-0.15, -0.1) is 11.8 Å². The summed E-state index contributed by atoms with van der Waals surface area (Å²) in [4.78, 5) is 40.6. The Morgan fingerprint density at radius 1 is 0.857 bits per heavy atom. The van der Waals surface area contributed by atoms with Crippen LogP contribution in [-0.2, 0) is 9.59 Å². The highest BCUT2D eigenvalue weighted by atomic mass is 32.2. The van der Waals surface area contributed by atoms with Gasteiger partial charge in [0, 0.05) is 38.2 Å². The van der Waals surface area contributed by atoms with Crippen molar-refractivity contribution < 1.29 is 14.4 Å². The number of carbonyl (C=O) groups excluding carboxylic acids is 3. The lowest BCUT2D eigenvalue weighted by molar-refractivity contribution is -0.138. The molecule has 2 aliphatic rings. The predicted octanol–water partition coefficient (Wildman–Crippen LogP) is 3.24. The van der Waals surface area contributed by atoms with Crippen LogP contribution in [0, 0.1) is 5.92 Å². The van der Waals surface area contributed by atoms with Crippen molar-refractivity contribution in [3.63, 3.8) is 0 Å². The highest BCUT2D eigenvalue weighted by molar-refractivity contribution is 8.00. The van der Waals surface area contributed by atoms with Gasteiger partial charge in [-0.2, -0.15) is 0 Å². The van der Waals surface area contributed by atoms with E-state index in [2.05, 4.69) is 0 Å². The molecule has 1 aromatic carbocycles. The fourth-order valence-corrected chi connectivity index (χ4v) is 4.83. The maximum absolute atomic E-state index is 12.4. The molecule has 0 radical (unpaired) electrons. The van der Waals surface area contributed by atoms with Crippen LogP contribution in [0.2, 0.25) is 0 Å². The lowest BCUT2D eigenvalue weighted by Crippen LogP contribution is -2.51. The number of carbonyl (C=O) groups is 3. The topological polar surface area (TPSA) is 57.7 Å². The Balaban J connectivity index is 1.32. The third kappa shape index (κ3) is 6.09. The van der Waals surface area contributed by atoms with E-state index in [1.807, 2.05) is 28.0 Å². The Morgan fingerprint density at radius 2 is 1.46 bits per heavy atom. The molecule has 1 saturated carbocycles. The minimum atomic E-state index is 0.0519. The minimum absolute atomic E-state index is 0.0519. The zero-order valence-electron chi connectivity index (χ0n) is 16.5. The van der Waals surface area contributed by atoms with Gasteiger partial charge in [0.25, 0.3) is 0 Å². The molecule has 0 bridgehead atoms. The molecule has 1 aromatic rings. The zero-order valence-corrected chi connectivity index (χ0v) is 17.3. The molecule has 152 valence electrons. The van der Waals surface area contributed by atoms with Crippen LogP contribution in [-0.4, -0.2) is 65.1 Å². The van der Waals surface area contributed by atoms with E-state index in [1.54, 1.807) is 12.1 Å². The fraction of sp³-hybridized carbons (Fsp3) is 0.591. The van der Waals surface area contributed by atoms with E-state index in [0.29, 0.717) is 49.7 Å². The maximum atomic E-state index is 12.4. The SMILES string of the molecule is O=C(CSCC(=O)N1CCN(C(=O)CCC2CCCC2)CC1)c1ccccc1. The van der Waals surface area contributed by atoms with Gasteiger partial charge in [-0.3, -0.25) is 14.4 Å². The quantitative estimate of drug-likeness (QED) is 0.627. The number of amides is 2. The van der Waals surface area contributed by atoms with Gasteiger partial charge in [0.05, 0.1) is 11.5 Å². The molecule has 0 N–H and O–H groups in total. The van der Waals surface area contributed by atoms with E-state index >= 15 is 0 Å². The smallest absolute Gasteiger partial charge is 0.232 e. The van der Waals surface area contributed by atoms with Crippen LogP contribution in [0.5, 0.6) is 0 Å². The van der Waals surface area contributed by atoms with Crippen molar-refractivity contribution in [2.24, 2.45) is 5.92 Å². The van der Waals surface area contributed by atoms with E-state index in [1.165, 1.54) is 37.4 Å². The Hall–Kier alpha value is -1.82. The van der Waals surface area contributed by atoms with Crippen LogP contribution in [0.1, 0.15) is 48.9 Å². The largest absolute Gasteiger partial charge is 0.339 e. The van der Waals surface area contributed by atoms with Gasteiger partial charge in [-0.25, -0.2) is 0 Å². The number of piperazine rings is 1. The molecule has 0 aromatic heterocycles. The molecule has 0 unspecified atom stereocenters. The summed E-state index contributed by atoms with van der Waals surface area (Å²) in [6, 6.07) is 9.17. The summed E-state index contributed by atoms with van der Waals surface area (Å²) in [5, 5.41) is 0. The molecule has 5 nitrogen and oxygen atoms in total. The molecule has 2 amide bonds. The second-order valence-corrected chi connectivity index (χ2v) is 8.72. The van der Waals surface area contributed by atoms with Crippen molar-refractivity contribution in [2.75, 3.05) is 37.7 Å². The lowest BCUT2D eigenvalue weighted by atomic mass is 10.0. The van der Waals surface area contributed by atoms with Gasteiger partial charge in [0.15, 0.2) is 5.78 Å². The molecule has 1 saturated heterocycles. The molecule has 28 heavy (non-hydrogen) atoms. The third-order valence-corrected chi connectivity index (χ3v) is 6.70. The van der Waals surface area contributed by atoms with Crippen LogP contribution < -0.4 is 0 Å². The second kappa shape index (κ2) is 10.6. The van der Waals surface area contributed by atoms with Crippen LogP contribution in [0.15, 0.2) is 30.3 Å². The van der Waals surface area contributed by atoms with Gasteiger partial charge in [0.1, 0.15) is 0 Å². The third-order valence-electron chi connectivity index (χ3n) is 5.78. The number of nitrogens with zero attached hydrogens (tertiary/aromatic N) is 2. The number of thioether (sulfide) groups is 1. The minimum Gasteiger partial charge on any atom is -0.339 e. The highest BCUT2D eigenvalue weighted by Gasteiger charge is 2.25. The Kier molecular flexibility index (Phi) is 7.95. The number of hydrogen-bond acceptors (Lipinski definition) is 4. The molecule has 1 heterocycles. The summed E-state index contributed by atoms with van der Waals surface area (Å²) < 4.78 is 0. The van der Waals surface area contributed by atoms with Crippen molar-refractivity contribution in [3.05, 3.63) is 35.9 Å². The Labute approximate surface area is 171 Å². The summed E-state index contributed by atoms with van der Waals surface area (Å²) in [6.07, 6.45) is 6.85. The Bertz CT molecular complexity index is 666. The summed E-state index contributed by atoms with van der Waals surface area (Å²) in [6.45, 7) is 2.45. The highest BCUT2D eigenvalue weighted by Crippen LogP contribution is 2.28. The van der Waals surface area contributed by atoms with E-state index in [4.69, 9.17) is 0 Å². The van der Waals surface area contributed by atoms with Crippen molar-refractivity contribution in [1.29, 1.82) is 0 Å². The average molecular weight is 403 g/mol. The molecule has 2 fully saturated rings. The monoisotopic (exact) mass is 402 g/mol. The number of benzene rings is 1. The van der Waals surface area contributed by atoms with Crippen LogP contribution in [0.25, 0.3) is 0 Å². The van der Waals surface area contributed by atoms with Gasteiger partial charge in [0.2, 0.25) is 11.8 Å². The molecular formula is C22H30N2O3S. The van der Waals surface area contributed by atoms with Crippen molar-refractivity contribution >= 4 is 29.4 Å². The second-order valence-electron chi connectivity index (χ2n) is 7.73. The van der Waals surface area contributed by atoms with Gasteiger partial charge in [-0.1, -0.05) is 56.0 Å². The standard InChI is InChI=1S/C22H30N2O3S/c25-20(19-8-2-1-3-9-19)16-28-17-22(27)24-14-12-23(13-15-24)21(26)11-10-18-6-4-5-7-18/h1-3,8-9,18H,4-7,10-17H2. The van der Waals surface area contributed by atoms with Crippen LogP contribution in [0.4, 0.5) is 0 Å². The molecule has 3 rings (SSSR count). The Morgan fingerprint density at radius 3 is 2.11 bits per heavy atom. The number of Topliss-reactive ketones (excluding diaryl/α,β-unsaturated/α-hetero) is 1. The summed E-state index contributed by atoms with van der Waals surface area (Å²) >= 11 is 1.37. The molecule has 0 spiro atoms. The number of rotatable bonds is 8. The zero-order chi connectivity index (χ0) is 19.8. The van der Waals surface area contributed by atoms with Gasteiger partial charge in [-0.05, 0) is 12.3 Å². The summed E-state index contributed by atoms with van der Waals surface area (Å²) in [5.74, 6) is 1.72. The van der Waals surface area contributed by atoms with Crippen molar-refractivity contribution in [1.82, 2.24) is 9.80 Å². The molecule has 0 atom stereocenters.